The molecule has 0 aromatic carbocycles. The van der Waals surface area contributed by atoms with Gasteiger partial charge in [-0.1, -0.05) is 143 Å². The largest absolute Gasteiger partial charge is 0.301 e. The summed E-state index contributed by atoms with van der Waals surface area (Å²) in [7, 11) is 0. The first kappa shape index (κ1) is 63.0. The summed E-state index contributed by atoms with van der Waals surface area (Å²) < 4.78 is 0. The van der Waals surface area contributed by atoms with Crippen molar-refractivity contribution in [3.05, 3.63) is 0 Å². The molecule has 4 N–H and O–H groups in total. The number of hydrogen-bond acceptors (Lipinski definition) is 9. The zero-order chi connectivity index (χ0) is 58.3. The van der Waals surface area contributed by atoms with Crippen molar-refractivity contribution in [2.75, 3.05) is 0 Å². The maximum atomic E-state index is 4.50. The molecule has 5 heterocycles. The first-order valence-electron chi connectivity index (χ1n) is 40.1. The lowest BCUT2D eigenvalue weighted by atomic mass is 9.44. The van der Waals surface area contributed by atoms with E-state index in [2.05, 4.69) is 101 Å². The highest BCUT2D eigenvalue weighted by atomic mass is 32.2. The number of nitrogens with one attached hydrogen (secondary N) is 4. The quantitative estimate of drug-likeness (QED) is 0.162. The average Bonchev–Trinajstić information content (AvgIpc) is 1.56. The lowest BCUT2D eigenvalue weighted by Gasteiger charge is -2.64. The summed E-state index contributed by atoms with van der Waals surface area (Å²) in [6.07, 6.45) is 63.6. The second-order valence-corrected chi connectivity index (χ2v) is 41.4. The van der Waals surface area contributed by atoms with Crippen molar-refractivity contribution < 1.29 is 0 Å². The lowest BCUT2D eigenvalue weighted by Crippen LogP contribution is -2.66. The molecule has 9 heteroatoms. The minimum atomic E-state index is 0.519. The first-order valence-corrected chi connectivity index (χ1v) is 43.9. The third-order valence-electron chi connectivity index (χ3n) is 31.3. The molecule has 0 radical (unpaired) electrons. The molecule has 29 unspecified atom stereocenters. The number of rotatable bonds is 11. The molecule has 0 spiro atoms. The van der Waals surface area contributed by atoms with Gasteiger partial charge in [0.1, 0.15) is 0 Å². The van der Waals surface area contributed by atoms with Gasteiger partial charge in [0.25, 0.3) is 0 Å². The Hall–Kier alpha value is 1.20. The predicted octanol–water partition coefficient (Wildman–Crippen LogP) is 19.5. The van der Waals surface area contributed by atoms with E-state index in [0.29, 0.717) is 16.8 Å². The van der Waals surface area contributed by atoms with Crippen molar-refractivity contribution in [2.24, 2.45) is 100 Å². The van der Waals surface area contributed by atoms with Gasteiger partial charge in [0.2, 0.25) is 0 Å². The van der Waals surface area contributed by atoms with Crippen molar-refractivity contribution in [2.45, 2.75) is 382 Å². The molecule has 16 aliphatic rings. The van der Waals surface area contributed by atoms with Gasteiger partial charge in [-0.05, 0) is 254 Å². The van der Waals surface area contributed by atoms with E-state index in [1.807, 2.05) is 0 Å². The van der Waals surface area contributed by atoms with Gasteiger partial charge >= 0.3 is 0 Å². The summed E-state index contributed by atoms with van der Waals surface area (Å²) in [6.45, 7) is 10.6. The monoisotopic (exact) mass is 1270 g/mol. The highest BCUT2D eigenvalue weighted by Gasteiger charge is 2.61. The Morgan fingerprint density at radius 1 is 0.345 bits per heavy atom. The SMILES string of the molecule is CCC1NC(C2CCCC(C3CC(C4CCCC(C5NC6CCCCC6S5)C4)C(C4CCCC(C5NC6CCCCC6S5)C4)C(C4CCC(N5C6CCCCC6C(C)(C)C6CCCCC65)CC4)C3C3CCCC(C4NC5CCCCC5S4)C3)C2)SC1C. The molecule has 0 aromatic heterocycles. The Morgan fingerprint density at radius 2 is 0.724 bits per heavy atom. The fraction of sp³-hybridized carbons (Fsp3) is 1.00. The summed E-state index contributed by atoms with van der Waals surface area (Å²) in [5.41, 5.74) is 0.519. The predicted molar refractivity (Wildman–Crippen MR) is 376 cm³/mol. The zero-order valence-corrected chi connectivity index (χ0v) is 59.4. The first-order chi connectivity index (χ1) is 42.7. The minimum Gasteiger partial charge on any atom is -0.301 e. The van der Waals surface area contributed by atoms with Crippen LogP contribution in [0.3, 0.4) is 0 Å². The third-order valence-corrected chi connectivity index (χ3v) is 38.0. The van der Waals surface area contributed by atoms with Crippen molar-refractivity contribution in [1.29, 1.82) is 0 Å². The van der Waals surface area contributed by atoms with Crippen LogP contribution >= 0.6 is 47.0 Å². The summed E-state index contributed by atoms with van der Waals surface area (Å²) in [6, 6.07) is 5.71. The van der Waals surface area contributed by atoms with E-state index < -0.39 is 0 Å². The van der Waals surface area contributed by atoms with Crippen LogP contribution in [-0.2, 0) is 0 Å². The van der Waals surface area contributed by atoms with Crippen LogP contribution in [0.5, 0.6) is 0 Å². The molecule has 16 fully saturated rings. The Balaban J connectivity index is 0.781. The van der Waals surface area contributed by atoms with E-state index in [1.54, 1.807) is 83.5 Å². The van der Waals surface area contributed by atoms with Crippen molar-refractivity contribution in [1.82, 2.24) is 26.2 Å². The molecule has 5 saturated heterocycles. The van der Waals surface area contributed by atoms with E-state index in [-0.39, 0.29) is 0 Å². The maximum Gasteiger partial charge on any atom is 0.0566 e. The third kappa shape index (κ3) is 12.6. The standard InChI is InChI=1S/C78H131N5S4/c1-5-62-47(2)84-74(79-62)53-24-16-20-49(42-53)58-46-59(50-21-17-25-54(43-50)75-80-63-30-8-13-35-68(63)85-75)72(52-23-19-27-56(45-52)77-82-65-32-10-15-37-70(65)87-77)73(71(58)51-22-18-26-55(44-51)76-81-64-31-9-14-36-69(64)86-76)48-38-40-57(41-39-48)83-66-33-11-6-28-60(66)78(3,4)61-29-7-12-34-67(61)83/h47-77,79-82H,5-46H2,1-4H3. The van der Waals surface area contributed by atoms with E-state index in [9.17, 15) is 0 Å². The normalized spacial score (nSPS) is 54.0. The Labute approximate surface area is 551 Å². The van der Waals surface area contributed by atoms with Crippen LogP contribution in [-0.4, -0.2) is 89.7 Å². The van der Waals surface area contributed by atoms with E-state index in [0.717, 1.165) is 168 Å². The van der Waals surface area contributed by atoms with Crippen molar-refractivity contribution in [3.63, 3.8) is 0 Å². The smallest absolute Gasteiger partial charge is 0.0566 e. The molecular weight excluding hydrogens is 1140 g/mol. The summed E-state index contributed by atoms with van der Waals surface area (Å²) in [5, 5.41) is 24.2. The number of fused-ring (bicyclic) bond motifs is 5. The highest BCUT2D eigenvalue weighted by molar-refractivity contribution is 8.01. The van der Waals surface area contributed by atoms with Crippen molar-refractivity contribution >= 4 is 47.0 Å². The molecule has 0 amide bonds. The van der Waals surface area contributed by atoms with Gasteiger partial charge in [-0.2, -0.15) is 0 Å². The van der Waals surface area contributed by atoms with Crippen LogP contribution in [0.25, 0.3) is 0 Å². The van der Waals surface area contributed by atoms with Crippen LogP contribution in [0.2, 0.25) is 0 Å². The second kappa shape index (κ2) is 27.6. The van der Waals surface area contributed by atoms with E-state index >= 15 is 0 Å². The van der Waals surface area contributed by atoms with Gasteiger partial charge in [0.15, 0.2) is 0 Å². The molecule has 5 nitrogen and oxygen atoms in total. The lowest BCUT2D eigenvalue weighted by molar-refractivity contribution is -0.150. The fourth-order valence-corrected chi connectivity index (χ4v) is 34.5. The van der Waals surface area contributed by atoms with Gasteiger partial charge in [0.05, 0.1) is 21.5 Å². The summed E-state index contributed by atoms with van der Waals surface area (Å²) >= 11 is 9.86. The maximum absolute atomic E-state index is 4.50. The number of nitrogens with zero attached hydrogens (tertiary/aromatic N) is 1. The fourth-order valence-electron chi connectivity index (χ4n) is 27.4. The van der Waals surface area contributed by atoms with Gasteiger partial charge in [0, 0.05) is 63.3 Å². The molecule has 5 aliphatic heterocycles. The van der Waals surface area contributed by atoms with Crippen LogP contribution in [0, 0.1) is 100 Å². The number of piperidine rings is 1. The molecule has 492 valence electrons. The molecule has 0 bridgehead atoms. The number of hydrogen-bond donors (Lipinski definition) is 4. The van der Waals surface area contributed by atoms with Crippen LogP contribution in [0.15, 0.2) is 0 Å². The molecule has 29 atom stereocenters. The van der Waals surface area contributed by atoms with Gasteiger partial charge in [-0.25, -0.2) is 0 Å². The van der Waals surface area contributed by atoms with Crippen LogP contribution < -0.4 is 21.3 Å². The number of likely N-dealkylation sites (tertiary alicyclic amines) is 1. The van der Waals surface area contributed by atoms with Gasteiger partial charge < -0.3 is 21.3 Å². The Bertz CT molecular complexity index is 2170. The molecule has 87 heavy (non-hydrogen) atoms. The van der Waals surface area contributed by atoms with Gasteiger partial charge in [-0.3, -0.25) is 4.90 Å². The summed E-state index contributed by atoms with van der Waals surface area (Å²) in [4.78, 5) is 3.45. The van der Waals surface area contributed by atoms with Gasteiger partial charge in [-0.15, -0.1) is 47.0 Å². The topological polar surface area (TPSA) is 51.4 Å². The van der Waals surface area contributed by atoms with Crippen LogP contribution in [0.1, 0.15) is 297 Å². The molecule has 11 saturated carbocycles. The van der Waals surface area contributed by atoms with Crippen molar-refractivity contribution in [3.8, 4) is 0 Å². The number of thioether (sulfide) groups is 4. The van der Waals surface area contributed by atoms with E-state index in [1.165, 1.54) is 186 Å². The Kier molecular flexibility index (Phi) is 20.0. The van der Waals surface area contributed by atoms with E-state index in [4.69, 9.17) is 0 Å². The molecule has 0 aromatic rings. The highest BCUT2D eigenvalue weighted by Crippen LogP contribution is 2.66. The molecular formula is C78H131N5S4. The van der Waals surface area contributed by atoms with Crippen LogP contribution in [0.4, 0.5) is 0 Å². The average molecular weight is 1270 g/mol. The second-order valence-electron chi connectivity index (χ2n) is 35.7. The Morgan fingerprint density at radius 3 is 1.15 bits per heavy atom. The zero-order valence-electron chi connectivity index (χ0n) is 56.2. The minimum absolute atomic E-state index is 0.519. The molecule has 11 aliphatic carbocycles. The molecule has 16 rings (SSSR count). The summed E-state index contributed by atoms with van der Waals surface area (Å²) in [5.74, 6) is 14.9.